The Morgan fingerprint density at radius 2 is 2.20 bits per heavy atom. The Morgan fingerprint density at radius 3 is 2.60 bits per heavy atom. The molecule has 0 aliphatic carbocycles. The topological polar surface area (TPSA) is 42.2 Å². The van der Waals surface area contributed by atoms with Gasteiger partial charge in [0.1, 0.15) is 0 Å². The molecule has 1 aromatic heterocycles. The summed E-state index contributed by atoms with van der Waals surface area (Å²) in [7, 11) is 3.72. The molecule has 0 aromatic carbocycles. The molecule has 86 valence electrons. The van der Waals surface area contributed by atoms with Crippen LogP contribution in [0.1, 0.15) is 11.8 Å². The fraction of sp³-hybridized carbons (Fsp3) is 0.667. The summed E-state index contributed by atoms with van der Waals surface area (Å²) in [6, 6.07) is 0. The van der Waals surface area contributed by atoms with Gasteiger partial charge in [0.05, 0.1) is 5.54 Å². The smallest absolute Gasteiger partial charge is 0.256 e. The van der Waals surface area contributed by atoms with Gasteiger partial charge in [0.25, 0.3) is 6.43 Å². The molecular weight excluding hydrogens is 220 g/mol. The largest absolute Gasteiger partial charge is 0.354 e. The minimum Gasteiger partial charge on any atom is -0.354 e. The normalized spacial score (nSPS) is 15.4. The number of aromatic nitrogens is 1. The number of thiazole rings is 1. The number of alkyl halides is 2. The van der Waals surface area contributed by atoms with Crippen molar-refractivity contribution in [2.75, 3.05) is 19.0 Å². The quantitative estimate of drug-likeness (QED) is 0.864. The third-order valence-electron chi connectivity index (χ3n) is 1.98. The Bertz CT molecular complexity index is 323. The maximum absolute atomic E-state index is 12.5. The van der Waals surface area contributed by atoms with Gasteiger partial charge in [-0.05, 0) is 6.92 Å². The molecular formula is C9H15F2N3S. The number of halogens is 2. The van der Waals surface area contributed by atoms with E-state index in [1.165, 1.54) is 18.3 Å². The minimum absolute atomic E-state index is 0.149. The highest BCUT2D eigenvalue weighted by molar-refractivity contribution is 7.15. The van der Waals surface area contributed by atoms with E-state index in [2.05, 4.69) is 4.98 Å². The Balaban J connectivity index is 2.73. The van der Waals surface area contributed by atoms with Crippen LogP contribution in [0, 0.1) is 0 Å². The fourth-order valence-electron chi connectivity index (χ4n) is 1.04. The lowest BCUT2D eigenvalue weighted by Crippen LogP contribution is -2.45. The SMILES string of the molecule is CN(C)c1ncc(CC(C)(N)C(F)F)s1. The number of hydrogen-bond acceptors (Lipinski definition) is 4. The monoisotopic (exact) mass is 235 g/mol. The summed E-state index contributed by atoms with van der Waals surface area (Å²) in [5, 5.41) is 0.801. The molecule has 1 atom stereocenters. The van der Waals surface area contributed by atoms with E-state index in [-0.39, 0.29) is 6.42 Å². The molecule has 6 heteroatoms. The van der Waals surface area contributed by atoms with Gasteiger partial charge >= 0.3 is 0 Å². The molecule has 0 bridgehead atoms. The van der Waals surface area contributed by atoms with Crippen molar-refractivity contribution in [3.8, 4) is 0 Å². The molecule has 1 unspecified atom stereocenters. The zero-order valence-corrected chi connectivity index (χ0v) is 9.81. The molecule has 2 N–H and O–H groups in total. The summed E-state index contributed by atoms with van der Waals surface area (Å²) in [5.74, 6) is 0. The number of hydrogen-bond donors (Lipinski definition) is 1. The van der Waals surface area contributed by atoms with Crippen LogP contribution >= 0.6 is 11.3 Å². The molecule has 3 nitrogen and oxygen atoms in total. The first kappa shape index (κ1) is 12.3. The van der Waals surface area contributed by atoms with Crippen LogP contribution in [0.25, 0.3) is 0 Å². The molecule has 0 radical (unpaired) electrons. The van der Waals surface area contributed by atoms with Gasteiger partial charge in [0, 0.05) is 31.6 Å². The molecule has 0 amide bonds. The van der Waals surface area contributed by atoms with Crippen molar-refractivity contribution in [1.82, 2.24) is 4.98 Å². The van der Waals surface area contributed by atoms with E-state index in [1.807, 2.05) is 19.0 Å². The first-order valence-corrected chi connectivity index (χ1v) is 5.33. The van der Waals surface area contributed by atoms with Crippen molar-refractivity contribution in [3.63, 3.8) is 0 Å². The highest BCUT2D eigenvalue weighted by Crippen LogP contribution is 2.25. The molecule has 0 spiro atoms. The Morgan fingerprint density at radius 1 is 1.60 bits per heavy atom. The molecule has 0 fully saturated rings. The van der Waals surface area contributed by atoms with Gasteiger partial charge in [-0.25, -0.2) is 13.8 Å². The second-order valence-corrected chi connectivity index (χ2v) is 5.08. The average molecular weight is 235 g/mol. The van der Waals surface area contributed by atoms with Gasteiger partial charge in [-0.2, -0.15) is 0 Å². The van der Waals surface area contributed by atoms with E-state index in [0.29, 0.717) is 0 Å². The van der Waals surface area contributed by atoms with E-state index < -0.39 is 12.0 Å². The number of anilines is 1. The van der Waals surface area contributed by atoms with E-state index in [1.54, 1.807) is 6.20 Å². The lowest BCUT2D eigenvalue weighted by molar-refractivity contribution is 0.0643. The minimum atomic E-state index is -2.53. The van der Waals surface area contributed by atoms with E-state index >= 15 is 0 Å². The zero-order chi connectivity index (χ0) is 11.6. The maximum Gasteiger partial charge on any atom is 0.256 e. The van der Waals surface area contributed by atoms with E-state index in [4.69, 9.17) is 5.73 Å². The van der Waals surface area contributed by atoms with Crippen molar-refractivity contribution in [2.45, 2.75) is 25.3 Å². The number of rotatable bonds is 4. The third kappa shape index (κ3) is 3.10. The summed E-state index contributed by atoms with van der Waals surface area (Å²) < 4.78 is 25.0. The summed E-state index contributed by atoms with van der Waals surface area (Å²) in [6.07, 6.45) is -0.772. The lowest BCUT2D eigenvalue weighted by atomic mass is 10.00. The highest BCUT2D eigenvalue weighted by Gasteiger charge is 2.31. The molecule has 0 aliphatic heterocycles. The molecule has 15 heavy (non-hydrogen) atoms. The molecule has 0 aliphatic rings. The van der Waals surface area contributed by atoms with Crippen LogP contribution in [0.3, 0.4) is 0 Å². The second-order valence-electron chi connectivity index (χ2n) is 3.99. The Kier molecular flexibility index (Phi) is 3.62. The molecule has 1 heterocycles. The van der Waals surface area contributed by atoms with Crippen LogP contribution in [-0.2, 0) is 6.42 Å². The molecule has 1 rings (SSSR count). The van der Waals surface area contributed by atoms with Gasteiger partial charge in [0.2, 0.25) is 0 Å². The first-order valence-electron chi connectivity index (χ1n) is 4.52. The number of nitrogens with two attached hydrogens (primary N) is 1. The predicted octanol–water partition coefficient (Wildman–Crippen LogP) is 1.73. The van der Waals surface area contributed by atoms with Gasteiger partial charge in [-0.3, -0.25) is 0 Å². The van der Waals surface area contributed by atoms with Crippen LogP contribution in [0.2, 0.25) is 0 Å². The summed E-state index contributed by atoms with van der Waals surface area (Å²) >= 11 is 1.39. The van der Waals surface area contributed by atoms with Crippen LogP contribution in [0.4, 0.5) is 13.9 Å². The second kappa shape index (κ2) is 4.40. The van der Waals surface area contributed by atoms with Crippen molar-refractivity contribution >= 4 is 16.5 Å². The lowest BCUT2D eigenvalue weighted by Gasteiger charge is -2.22. The maximum atomic E-state index is 12.5. The summed E-state index contributed by atoms with van der Waals surface area (Å²) in [5.41, 5.74) is 4.02. The predicted molar refractivity (Wildman–Crippen MR) is 58.7 cm³/mol. The number of nitrogens with zero attached hydrogens (tertiary/aromatic N) is 2. The molecule has 0 saturated carbocycles. The van der Waals surface area contributed by atoms with E-state index in [0.717, 1.165) is 10.0 Å². The Labute approximate surface area is 91.9 Å². The van der Waals surface area contributed by atoms with Crippen molar-refractivity contribution in [1.29, 1.82) is 0 Å². The highest BCUT2D eigenvalue weighted by atomic mass is 32.1. The summed E-state index contributed by atoms with van der Waals surface area (Å²) in [4.78, 5) is 6.72. The van der Waals surface area contributed by atoms with Gasteiger partial charge < -0.3 is 10.6 Å². The Hall–Kier alpha value is -0.750. The van der Waals surface area contributed by atoms with Crippen LogP contribution in [0.5, 0.6) is 0 Å². The van der Waals surface area contributed by atoms with Gasteiger partial charge in [-0.1, -0.05) is 0 Å². The van der Waals surface area contributed by atoms with Gasteiger partial charge in [0.15, 0.2) is 5.13 Å². The van der Waals surface area contributed by atoms with Gasteiger partial charge in [-0.15, -0.1) is 11.3 Å². The third-order valence-corrected chi connectivity index (χ3v) is 3.14. The van der Waals surface area contributed by atoms with E-state index in [9.17, 15) is 8.78 Å². The molecule has 1 aromatic rings. The standard InChI is InChI=1S/C9H15F2N3S/c1-9(12,7(10)11)4-6-5-13-8(15-6)14(2)3/h5,7H,4,12H2,1-3H3. The first-order chi connectivity index (χ1) is 6.83. The average Bonchev–Trinajstić information content (AvgIpc) is 2.51. The molecule has 0 saturated heterocycles. The van der Waals surface area contributed by atoms with Crippen molar-refractivity contribution < 1.29 is 8.78 Å². The van der Waals surface area contributed by atoms with Crippen LogP contribution < -0.4 is 10.6 Å². The fourth-order valence-corrected chi connectivity index (χ4v) is 2.05. The summed E-state index contributed by atoms with van der Waals surface area (Å²) in [6.45, 7) is 1.35. The van der Waals surface area contributed by atoms with Crippen molar-refractivity contribution in [2.24, 2.45) is 5.73 Å². The zero-order valence-electron chi connectivity index (χ0n) is 9.00. The van der Waals surface area contributed by atoms with Crippen LogP contribution in [0.15, 0.2) is 6.20 Å². The van der Waals surface area contributed by atoms with Crippen LogP contribution in [-0.4, -0.2) is 31.0 Å². The van der Waals surface area contributed by atoms with Crippen molar-refractivity contribution in [3.05, 3.63) is 11.1 Å².